The molecule has 4 rings (SSSR count). The first kappa shape index (κ1) is 28.9. The summed E-state index contributed by atoms with van der Waals surface area (Å²) in [4.78, 5) is 0. The van der Waals surface area contributed by atoms with Gasteiger partial charge in [0.05, 0.1) is 13.2 Å². The number of hydrogen-bond donors (Lipinski definition) is 0. The first-order chi connectivity index (χ1) is 18.8. The summed E-state index contributed by atoms with van der Waals surface area (Å²) in [6.07, 6.45) is 6.32. The predicted octanol–water partition coefficient (Wildman–Crippen LogP) is 9.85. The SMILES string of the molecule is CCCCCCOc1ccc([C@H]2CC[C@H](c3ccc(-c4ccc(OCC)c(F)c4F)cc3F)CC2)c(F)c1F. The van der Waals surface area contributed by atoms with Crippen molar-refractivity contribution in [3.63, 3.8) is 0 Å². The van der Waals surface area contributed by atoms with Crippen LogP contribution in [0.1, 0.15) is 88.2 Å². The van der Waals surface area contributed by atoms with Crippen LogP contribution in [0.5, 0.6) is 11.5 Å². The van der Waals surface area contributed by atoms with Gasteiger partial charge in [-0.05, 0) is 91.8 Å². The van der Waals surface area contributed by atoms with E-state index in [1.807, 2.05) is 0 Å². The molecule has 0 saturated heterocycles. The maximum Gasteiger partial charge on any atom is 0.201 e. The summed E-state index contributed by atoms with van der Waals surface area (Å²) in [5.41, 5.74) is 1.00. The molecule has 3 aromatic rings. The highest BCUT2D eigenvalue weighted by Gasteiger charge is 2.29. The summed E-state index contributed by atoms with van der Waals surface area (Å²) in [5, 5.41) is 0. The molecule has 0 atom stereocenters. The van der Waals surface area contributed by atoms with Crippen LogP contribution < -0.4 is 9.47 Å². The van der Waals surface area contributed by atoms with Crippen LogP contribution in [0.4, 0.5) is 22.0 Å². The highest BCUT2D eigenvalue weighted by molar-refractivity contribution is 5.66. The average Bonchev–Trinajstić information content (AvgIpc) is 2.94. The molecular weight excluding hydrogens is 511 g/mol. The Hall–Kier alpha value is -3.09. The van der Waals surface area contributed by atoms with Gasteiger partial charge in [0.1, 0.15) is 5.82 Å². The smallest absolute Gasteiger partial charge is 0.201 e. The van der Waals surface area contributed by atoms with E-state index in [9.17, 15) is 17.6 Å². The van der Waals surface area contributed by atoms with E-state index >= 15 is 4.39 Å². The van der Waals surface area contributed by atoms with Crippen LogP contribution in [0.3, 0.4) is 0 Å². The Morgan fingerprint density at radius 1 is 0.641 bits per heavy atom. The Bertz CT molecular complexity index is 1270. The van der Waals surface area contributed by atoms with Crippen LogP contribution in [0.15, 0.2) is 42.5 Å². The van der Waals surface area contributed by atoms with Crippen molar-refractivity contribution in [3.05, 3.63) is 82.7 Å². The highest BCUT2D eigenvalue weighted by Crippen LogP contribution is 2.43. The Balaban J connectivity index is 1.41. The standard InChI is InChI=1S/C32H35F5O2/c1-3-5-6-7-18-39-28-17-14-24(29(34)32(28)37)21-10-8-20(9-11-21)23-13-12-22(19-26(23)33)25-15-16-27(38-4-2)31(36)30(25)35/h12-17,19-21H,3-11,18H2,1-2H3/t20-,21-. The zero-order valence-electron chi connectivity index (χ0n) is 22.5. The molecule has 0 heterocycles. The highest BCUT2D eigenvalue weighted by atomic mass is 19.2. The molecule has 1 saturated carbocycles. The summed E-state index contributed by atoms with van der Waals surface area (Å²) in [6.45, 7) is 4.32. The van der Waals surface area contributed by atoms with Crippen LogP contribution in [0.2, 0.25) is 0 Å². The molecule has 0 unspecified atom stereocenters. The summed E-state index contributed by atoms with van der Waals surface area (Å²) >= 11 is 0. The minimum Gasteiger partial charge on any atom is -0.491 e. The summed E-state index contributed by atoms with van der Waals surface area (Å²) in [6, 6.07) is 10.2. The third-order valence-corrected chi connectivity index (χ3v) is 7.60. The molecule has 0 aliphatic heterocycles. The van der Waals surface area contributed by atoms with Crippen LogP contribution in [0, 0.1) is 29.1 Å². The molecule has 0 radical (unpaired) electrons. The second kappa shape index (κ2) is 13.3. The maximum absolute atomic E-state index is 15.1. The fraction of sp³-hybridized carbons (Fsp3) is 0.438. The van der Waals surface area contributed by atoms with Crippen LogP contribution in [-0.2, 0) is 0 Å². The molecule has 210 valence electrons. The number of ether oxygens (including phenoxy) is 2. The van der Waals surface area contributed by atoms with E-state index in [-0.39, 0.29) is 41.1 Å². The summed E-state index contributed by atoms with van der Waals surface area (Å²) < 4.78 is 84.2. The molecule has 1 aliphatic carbocycles. The van der Waals surface area contributed by atoms with Gasteiger partial charge in [-0.1, -0.05) is 44.4 Å². The molecule has 0 bridgehead atoms. The van der Waals surface area contributed by atoms with Crippen molar-refractivity contribution >= 4 is 0 Å². The van der Waals surface area contributed by atoms with E-state index in [1.165, 1.54) is 24.3 Å². The van der Waals surface area contributed by atoms with Gasteiger partial charge in [0.15, 0.2) is 23.1 Å². The Morgan fingerprint density at radius 3 is 1.92 bits per heavy atom. The normalized spacial score (nSPS) is 17.3. The van der Waals surface area contributed by atoms with Gasteiger partial charge in [0.25, 0.3) is 0 Å². The van der Waals surface area contributed by atoms with Crippen LogP contribution in [0.25, 0.3) is 11.1 Å². The molecule has 2 nitrogen and oxygen atoms in total. The predicted molar refractivity (Wildman–Crippen MR) is 143 cm³/mol. The minimum atomic E-state index is -1.10. The van der Waals surface area contributed by atoms with Gasteiger partial charge in [0, 0.05) is 5.56 Å². The fourth-order valence-corrected chi connectivity index (χ4v) is 5.45. The summed E-state index contributed by atoms with van der Waals surface area (Å²) in [7, 11) is 0. The first-order valence-corrected chi connectivity index (χ1v) is 13.9. The lowest BCUT2D eigenvalue weighted by atomic mass is 9.75. The van der Waals surface area contributed by atoms with Gasteiger partial charge in [0.2, 0.25) is 11.6 Å². The zero-order valence-corrected chi connectivity index (χ0v) is 22.5. The van der Waals surface area contributed by atoms with Crippen molar-refractivity contribution in [1.82, 2.24) is 0 Å². The molecular formula is C32H35F5O2. The van der Waals surface area contributed by atoms with E-state index in [2.05, 4.69) is 6.92 Å². The second-order valence-corrected chi connectivity index (χ2v) is 10.1. The van der Waals surface area contributed by atoms with E-state index in [1.54, 1.807) is 25.1 Å². The van der Waals surface area contributed by atoms with Gasteiger partial charge in [-0.2, -0.15) is 8.78 Å². The number of unbranched alkanes of at least 4 members (excludes halogenated alkanes) is 3. The van der Waals surface area contributed by atoms with Crippen molar-refractivity contribution < 1.29 is 31.4 Å². The molecule has 7 heteroatoms. The van der Waals surface area contributed by atoms with Gasteiger partial charge in [-0.3, -0.25) is 0 Å². The first-order valence-electron chi connectivity index (χ1n) is 13.9. The second-order valence-electron chi connectivity index (χ2n) is 10.1. The van der Waals surface area contributed by atoms with E-state index in [4.69, 9.17) is 9.47 Å². The topological polar surface area (TPSA) is 18.5 Å². The number of hydrogen-bond acceptors (Lipinski definition) is 2. The van der Waals surface area contributed by atoms with Crippen molar-refractivity contribution in [2.45, 2.75) is 77.0 Å². The Labute approximate surface area is 227 Å². The van der Waals surface area contributed by atoms with Crippen molar-refractivity contribution in [1.29, 1.82) is 0 Å². The van der Waals surface area contributed by atoms with E-state index in [0.717, 1.165) is 25.7 Å². The van der Waals surface area contributed by atoms with Crippen LogP contribution in [-0.4, -0.2) is 13.2 Å². The van der Waals surface area contributed by atoms with E-state index < -0.39 is 29.1 Å². The monoisotopic (exact) mass is 546 g/mol. The summed E-state index contributed by atoms with van der Waals surface area (Å²) in [5.74, 6) is -5.03. The maximum atomic E-state index is 15.1. The number of benzene rings is 3. The molecule has 1 fully saturated rings. The third-order valence-electron chi connectivity index (χ3n) is 7.60. The van der Waals surface area contributed by atoms with Crippen molar-refractivity contribution in [2.24, 2.45) is 0 Å². The van der Waals surface area contributed by atoms with Gasteiger partial charge >= 0.3 is 0 Å². The quantitative estimate of drug-likeness (QED) is 0.176. The molecule has 0 spiro atoms. The molecule has 39 heavy (non-hydrogen) atoms. The fourth-order valence-electron chi connectivity index (χ4n) is 5.45. The largest absolute Gasteiger partial charge is 0.491 e. The van der Waals surface area contributed by atoms with E-state index in [0.29, 0.717) is 43.4 Å². The Kier molecular flexibility index (Phi) is 9.87. The zero-order chi connectivity index (χ0) is 27.9. The van der Waals surface area contributed by atoms with Gasteiger partial charge < -0.3 is 9.47 Å². The third kappa shape index (κ3) is 6.56. The lowest BCUT2D eigenvalue weighted by molar-refractivity contribution is 0.283. The number of halogens is 5. The lowest BCUT2D eigenvalue weighted by Crippen LogP contribution is -2.15. The molecule has 0 aromatic heterocycles. The van der Waals surface area contributed by atoms with Gasteiger partial charge in [-0.25, -0.2) is 13.2 Å². The van der Waals surface area contributed by atoms with Crippen molar-refractivity contribution in [2.75, 3.05) is 13.2 Å². The Morgan fingerprint density at radius 2 is 1.26 bits per heavy atom. The van der Waals surface area contributed by atoms with Crippen molar-refractivity contribution in [3.8, 4) is 22.6 Å². The molecule has 3 aromatic carbocycles. The molecule has 0 N–H and O–H groups in total. The van der Waals surface area contributed by atoms with Gasteiger partial charge in [-0.15, -0.1) is 0 Å². The average molecular weight is 547 g/mol. The lowest BCUT2D eigenvalue weighted by Gasteiger charge is -2.30. The minimum absolute atomic E-state index is 0.0454. The number of rotatable bonds is 11. The molecule has 1 aliphatic rings. The molecule has 0 amide bonds. The van der Waals surface area contributed by atoms with Crippen LogP contribution >= 0.6 is 0 Å².